The van der Waals surface area contributed by atoms with Gasteiger partial charge in [-0.2, -0.15) is 4.31 Å². The number of alkyl halides is 2. The third-order valence-corrected chi connectivity index (χ3v) is 6.97. The lowest BCUT2D eigenvalue weighted by atomic mass is 10.2. The summed E-state index contributed by atoms with van der Waals surface area (Å²) < 4.78 is 49.7. The van der Waals surface area contributed by atoms with Crippen molar-refractivity contribution in [3.05, 3.63) is 29.6 Å². The minimum Gasteiger partial charge on any atom is -0.462 e. The Hall–Kier alpha value is -0.930. The topological polar surface area (TPSA) is 72.9 Å². The first-order valence-electron chi connectivity index (χ1n) is 7.64. The predicted molar refractivity (Wildman–Crippen MR) is 88.8 cm³/mol. The molecule has 6 nitrogen and oxygen atoms in total. The molecule has 1 aromatic rings. The summed E-state index contributed by atoms with van der Waals surface area (Å²) in [6.45, 7) is 0.761. The molecule has 0 spiro atoms. The maximum absolute atomic E-state index is 14.1. The molecule has 1 aliphatic carbocycles. The van der Waals surface area contributed by atoms with Gasteiger partial charge in [-0.05, 0) is 24.6 Å². The van der Waals surface area contributed by atoms with Crippen molar-refractivity contribution in [2.45, 2.75) is 15.6 Å². The first kappa shape index (κ1) is 18.8. The molecule has 3 rings (SSSR count). The molecule has 1 atom stereocenters. The maximum atomic E-state index is 14.1. The van der Waals surface area contributed by atoms with Gasteiger partial charge in [-0.3, -0.25) is 0 Å². The molecule has 1 aliphatic heterocycles. The van der Waals surface area contributed by atoms with Crippen LogP contribution in [0.3, 0.4) is 0 Å². The Labute approximate surface area is 154 Å². The third-order valence-electron chi connectivity index (χ3n) is 4.13. The van der Waals surface area contributed by atoms with Crippen molar-refractivity contribution in [2.24, 2.45) is 5.92 Å². The zero-order valence-electron chi connectivity index (χ0n) is 13.1. The van der Waals surface area contributed by atoms with E-state index in [0.29, 0.717) is 6.42 Å². The lowest BCUT2D eigenvalue weighted by Crippen LogP contribution is -2.41. The lowest BCUT2D eigenvalue weighted by molar-refractivity contribution is 0.0485. The SMILES string of the molecule is O=C(OC[C@H]1CC1(Cl)Cl)c1ccc(F)c(S(=O)(=O)N2CCOCC2)c1. The quantitative estimate of drug-likeness (QED) is 0.548. The van der Waals surface area contributed by atoms with Crippen LogP contribution in [0.25, 0.3) is 0 Å². The molecule has 10 heteroatoms. The van der Waals surface area contributed by atoms with Crippen LogP contribution in [-0.2, 0) is 19.5 Å². The van der Waals surface area contributed by atoms with E-state index in [1.165, 1.54) is 6.07 Å². The van der Waals surface area contributed by atoms with Crippen LogP contribution in [0.2, 0.25) is 0 Å². The number of hydrogen-bond acceptors (Lipinski definition) is 5. The molecule has 1 heterocycles. The van der Waals surface area contributed by atoms with Gasteiger partial charge in [0.15, 0.2) is 0 Å². The number of ether oxygens (including phenoxy) is 2. The molecule has 25 heavy (non-hydrogen) atoms. The zero-order valence-corrected chi connectivity index (χ0v) is 15.4. The van der Waals surface area contributed by atoms with Crippen LogP contribution < -0.4 is 0 Å². The molecule has 0 radical (unpaired) electrons. The van der Waals surface area contributed by atoms with Crippen LogP contribution in [0.4, 0.5) is 4.39 Å². The summed E-state index contributed by atoms with van der Waals surface area (Å²) in [5, 5.41) is 0. The van der Waals surface area contributed by atoms with Crippen molar-refractivity contribution < 1.29 is 27.1 Å². The number of benzene rings is 1. The van der Waals surface area contributed by atoms with E-state index < -0.39 is 31.0 Å². The van der Waals surface area contributed by atoms with Gasteiger partial charge in [0.05, 0.1) is 25.4 Å². The molecule has 0 bridgehead atoms. The maximum Gasteiger partial charge on any atom is 0.338 e. The summed E-state index contributed by atoms with van der Waals surface area (Å²) in [6.07, 6.45) is 0.517. The summed E-state index contributed by atoms with van der Waals surface area (Å²) in [5.41, 5.74) is -0.0522. The molecule has 0 aromatic heterocycles. The van der Waals surface area contributed by atoms with E-state index in [1.54, 1.807) is 0 Å². The fraction of sp³-hybridized carbons (Fsp3) is 0.533. The number of rotatable bonds is 5. The number of carbonyl (C=O) groups excluding carboxylic acids is 1. The van der Waals surface area contributed by atoms with Crippen LogP contribution in [0.15, 0.2) is 23.1 Å². The Kier molecular flexibility index (Phi) is 5.28. The van der Waals surface area contributed by atoms with E-state index in [4.69, 9.17) is 32.7 Å². The highest BCUT2D eigenvalue weighted by Crippen LogP contribution is 2.53. The number of hydrogen-bond donors (Lipinski definition) is 0. The number of sulfonamides is 1. The van der Waals surface area contributed by atoms with Crippen molar-refractivity contribution in [3.8, 4) is 0 Å². The Bertz CT molecular complexity index is 780. The van der Waals surface area contributed by atoms with Crippen LogP contribution in [-0.4, -0.2) is 55.9 Å². The number of nitrogens with zero attached hydrogens (tertiary/aromatic N) is 1. The van der Waals surface area contributed by atoms with Gasteiger partial charge in [0.25, 0.3) is 0 Å². The highest BCUT2D eigenvalue weighted by Gasteiger charge is 2.52. The molecule has 138 valence electrons. The average Bonchev–Trinajstić information content (AvgIpc) is 3.20. The van der Waals surface area contributed by atoms with Crippen LogP contribution >= 0.6 is 23.2 Å². The van der Waals surface area contributed by atoms with E-state index in [2.05, 4.69) is 0 Å². The first-order chi connectivity index (χ1) is 11.7. The Balaban J connectivity index is 1.76. The molecule has 0 unspecified atom stereocenters. The van der Waals surface area contributed by atoms with Crippen molar-refractivity contribution in [1.29, 1.82) is 0 Å². The molecular weight excluding hydrogens is 396 g/mol. The predicted octanol–water partition coefficient (Wildman–Crippen LogP) is 2.20. The summed E-state index contributed by atoms with van der Waals surface area (Å²) in [4.78, 5) is 11.5. The third kappa shape index (κ3) is 4.09. The molecule has 1 aromatic carbocycles. The molecular formula is C15H16Cl2FNO5S. The Morgan fingerprint density at radius 2 is 2.00 bits per heavy atom. The highest BCUT2D eigenvalue weighted by molar-refractivity contribution is 7.89. The van der Waals surface area contributed by atoms with Crippen LogP contribution in [0.1, 0.15) is 16.8 Å². The minimum absolute atomic E-state index is 0.0226. The second kappa shape index (κ2) is 7.00. The normalized spacial score (nSPS) is 23.2. The monoisotopic (exact) mass is 411 g/mol. The Morgan fingerprint density at radius 1 is 1.36 bits per heavy atom. The number of esters is 1. The van der Waals surface area contributed by atoms with E-state index in [9.17, 15) is 17.6 Å². The van der Waals surface area contributed by atoms with E-state index in [0.717, 1.165) is 16.4 Å². The van der Waals surface area contributed by atoms with Crippen LogP contribution in [0.5, 0.6) is 0 Å². The van der Waals surface area contributed by atoms with Crippen molar-refractivity contribution in [3.63, 3.8) is 0 Å². The van der Waals surface area contributed by atoms with Gasteiger partial charge < -0.3 is 9.47 Å². The fourth-order valence-electron chi connectivity index (χ4n) is 2.46. The van der Waals surface area contributed by atoms with Crippen LogP contribution in [0, 0.1) is 11.7 Å². The molecule has 1 saturated heterocycles. The summed E-state index contributed by atoms with van der Waals surface area (Å²) in [7, 11) is -4.06. The largest absolute Gasteiger partial charge is 0.462 e. The lowest BCUT2D eigenvalue weighted by Gasteiger charge is -2.26. The molecule has 1 saturated carbocycles. The number of carbonyl (C=O) groups is 1. The van der Waals surface area contributed by atoms with E-state index >= 15 is 0 Å². The van der Waals surface area contributed by atoms with Crippen molar-refractivity contribution >= 4 is 39.2 Å². The average molecular weight is 412 g/mol. The number of morpholine rings is 1. The zero-order chi connectivity index (χ0) is 18.2. The summed E-state index contributed by atoms with van der Waals surface area (Å²) in [5.74, 6) is -1.84. The first-order valence-corrected chi connectivity index (χ1v) is 9.84. The highest BCUT2D eigenvalue weighted by atomic mass is 35.5. The molecule has 0 N–H and O–H groups in total. The van der Waals surface area contributed by atoms with Gasteiger partial charge in [0, 0.05) is 19.0 Å². The number of halogens is 3. The van der Waals surface area contributed by atoms with Gasteiger partial charge in [0.1, 0.15) is 15.0 Å². The fourth-order valence-corrected chi connectivity index (χ4v) is 4.46. The molecule has 2 aliphatic rings. The standard InChI is InChI=1S/C15H16Cl2FNO5S/c16-15(17)8-11(15)9-24-14(20)10-1-2-12(18)13(7-10)25(21,22)19-3-5-23-6-4-19/h1-2,7,11H,3-6,8-9H2/t11-/m1/s1. The molecule has 2 fully saturated rings. The summed E-state index contributed by atoms with van der Waals surface area (Å²) >= 11 is 11.7. The van der Waals surface area contributed by atoms with Gasteiger partial charge in [0.2, 0.25) is 10.0 Å². The van der Waals surface area contributed by atoms with Crippen molar-refractivity contribution in [2.75, 3.05) is 32.9 Å². The van der Waals surface area contributed by atoms with Gasteiger partial charge in [-0.1, -0.05) is 0 Å². The second-order valence-electron chi connectivity index (χ2n) is 5.92. The van der Waals surface area contributed by atoms with Gasteiger partial charge in [-0.15, -0.1) is 23.2 Å². The van der Waals surface area contributed by atoms with Gasteiger partial charge >= 0.3 is 5.97 Å². The van der Waals surface area contributed by atoms with E-state index in [1.807, 2.05) is 0 Å². The smallest absolute Gasteiger partial charge is 0.338 e. The Morgan fingerprint density at radius 3 is 2.60 bits per heavy atom. The van der Waals surface area contributed by atoms with Gasteiger partial charge in [-0.25, -0.2) is 17.6 Å². The van der Waals surface area contributed by atoms with Crippen molar-refractivity contribution in [1.82, 2.24) is 4.31 Å². The minimum atomic E-state index is -4.06. The summed E-state index contributed by atoms with van der Waals surface area (Å²) in [6, 6.07) is 3.11. The molecule has 0 amide bonds. The second-order valence-corrected chi connectivity index (χ2v) is 9.37. The van der Waals surface area contributed by atoms with E-state index in [-0.39, 0.29) is 44.4 Å².